The van der Waals surface area contributed by atoms with Crippen molar-refractivity contribution in [1.82, 2.24) is 21.1 Å². The Bertz CT molecular complexity index is 810. The lowest BCUT2D eigenvalue weighted by molar-refractivity contribution is 0.0954. The second kappa shape index (κ2) is 10.4. The van der Waals surface area contributed by atoms with E-state index in [0.29, 0.717) is 36.7 Å². The molecule has 0 spiro atoms. The molecule has 8 heteroatoms. The lowest BCUT2D eigenvalue weighted by atomic mass is 10.1. The number of nitrogens with zero attached hydrogens (tertiary/aromatic N) is 2. The molecule has 0 aliphatic carbocycles. The van der Waals surface area contributed by atoms with Crippen molar-refractivity contribution >= 4 is 11.9 Å². The van der Waals surface area contributed by atoms with Crippen LogP contribution in [-0.4, -0.2) is 37.2 Å². The van der Waals surface area contributed by atoms with Crippen LogP contribution in [-0.2, 0) is 19.4 Å². The summed E-state index contributed by atoms with van der Waals surface area (Å²) in [5, 5.41) is 13.2. The van der Waals surface area contributed by atoms with Crippen LogP contribution in [0.2, 0.25) is 0 Å². The third kappa shape index (κ3) is 5.55. The molecule has 0 saturated carbocycles. The maximum atomic E-state index is 13.6. The van der Waals surface area contributed by atoms with Crippen LogP contribution in [0.3, 0.4) is 0 Å². The molecular formula is C20H28FN5O2. The number of halogens is 1. The fourth-order valence-corrected chi connectivity index (χ4v) is 2.72. The Balaban J connectivity index is 1.79. The summed E-state index contributed by atoms with van der Waals surface area (Å²) in [6.45, 7) is 7.14. The Hall–Kier alpha value is -2.90. The predicted molar refractivity (Wildman–Crippen MR) is 107 cm³/mol. The van der Waals surface area contributed by atoms with Crippen LogP contribution < -0.4 is 16.0 Å². The van der Waals surface area contributed by atoms with E-state index in [1.165, 1.54) is 6.07 Å². The minimum Gasteiger partial charge on any atom is -0.361 e. The van der Waals surface area contributed by atoms with Crippen LogP contribution in [0.25, 0.3) is 0 Å². The van der Waals surface area contributed by atoms with Crippen molar-refractivity contribution in [3.63, 3.8) is 0 Å². The Labute approximate surface area is 164 Å². The molecule has 1 heterocycles. The van der Waals surface area contributed by atoms with Crippen molar-refractivity contribution < 1.29 is 13.7 Å². The number of carbonyl (C=O) groups is 1. The Morgan fingerprint density at radius 3 is 2.57 bits per heavy atom. The molecule has 0 saturated heterocycles. The summed E-state index contributed by atoms with van der Waals surface area (Å²) in [5.74, 6) is 0.786. The van der Waals surface area contributed by atoms with Gasteiger partial charge >= 0.3 is 0 Å². The molecule has 0 radical (unpaired) electrons. The molecule has 2 aromatic rings. The predicted octanol–water partition coefficient (Wildman–Crippen LogP) is 2.34. The van der Waals surface area contributed by atoms with Crippen molar-refractivity contribution in [3.05, 3.63) is 52.2 Å². The summed E-state index contributed by atoms with van der Waals surface area (Å²) >= 11 is 0. The highest BCUT2D eigenvalue weighted by molar-refractivity contribution is 5.94. The number of aliphatic imine (C=N–C) groups is 1. The molecule has 1 aromatic heterocycles. The van der Waals surface area contributed by atoms with Crippen molar-refractivity contribution in [2.24, 2.45) is 4.99 Å². The normalized spacial score (nSPS) is 11.4. The molecule has 0 atom stereocenters. The number of hydrogen-bond donors (Lipinski definition) is 3. The first-order chi connectivity index (χ1) is 13.5. The van der Waals surface area contributed by atoms with E-state index in [0.717, 1.165) is 29.9 Å². The van der Waals surface area contributed by atoms with Crippen molar-refractivity contribution in [1.29, 1.82) is 0 Å². The van der Waals surface area contributed by atoms with E-state index in [1.54, 1.807) is 26.1 Å². The fourth-order valence-electron chi connectivity index (χ4n) is 2.72. The summed E-state index contributed by atoms with van der Waals surface area (Å²) in [4.78, 5) is 16.3. The molecule has 7 nitrogen and oxygen atoms in total. The lowest BCUT2D eigenvalue weighted by Gasteiger charge is -2.13. The molecule has 2 rings (SSSR count). The van der Waals surface area contributed by atoms with Gasteiger partial charge in [-0.05, 0) is 31.0 Å². The molecule has 0 aliphatic heterocycles. The Morgan fingerprint density at radius 2 is 1.93 bits per heavy atom. The number of aromatic nitrogens is 1. The van der Waals surface area contributed by atoms with E-state index >= 15 is 0 Å². The van der Waals surface area contributed by atoms with Gasteiger partial charge in [-0.2, -0.15) is 0 Å². The first kappa shape index (κ1) is 21.4. The molecule has 1 aromatic carbocycles. The summed E-state index contributed by atoms with van der Waals surface area (Å²) < 4.78 is 18.9. The topological polar surface area (TPSA) is 91.6 Å². The van der Waals surface area contributed by atoms with Gasteiger partial charge in [-0.3, -0.25) is 9.79 Å². The molecule has 1 amide bonds. The molecule has 152 valence electrons. The van der Waals surface area contributed by atoms with E-state index in [-0.39, 0.29) is 11.7 Å². The standard InChI is InChI=1S/C20H28FN5O2/c1-5-17-15(18(6-2)28-26-17)12-25-20(22-4)24-10-9-23-19(27)14-8-7-13(3)16(21)11-14/h7-8,11H,5-6,9-10,12H2,1-4H3,(H,23,27)(H2,22,24,25). The maximum Gasteiger partial charge on any atom is 0.251 e. The van der Waals surface area contributed by atoms with Gasteiger partial charge in [0.2, 0.25) is 0 Å². The zero-order chi connectivity index (χ0) is 20.5. The van der Waals surface area contributed by atoms with Crippen LogP contribution >= 0.6 is 0 Å². The number of aryl methyl sites for hydroxylation is 3. The summed E-state index contributed by atoms with van der Waals surface area (Å²) in [6.07, 6.45) is 1.58. The van der Waals surface area contributed by atoms with Gasteiger partial charge in [0.1, 0.15) is 11.6 Å². The average molecular weight is 389 g/mol. The van der Waals surface area contributed by atoms with E-state index in [2.05, 4.69) is 26.1 Å². The molecular weight excluding hydrogens is 361 g/mol. The Morgan fingerprint density at radius 1 is 1.18 bits per heavy atom. The number of guanidine groups is 1. The number of nitrogens with one attached hydrogen (secondary N) is 3. The minimum atomic E-state index is -0.387. The van der Waals surface area contributed by atoms with Gasteiger partial charge in [-0.15, -0.1) is 0 Å². The summed E-state index contributed by atoms with van der Waals surface area (Å²) in [7, 11) is 1.68. The first-order valence-electron chi connectivity index (χ1n) is 9.45. The minimum absolute atomic E-state index is 0.303. The number of rotatable bonds is 8. The number of hydrogen-bond acceptors (Lipinski definition) is 4. The molecule has 0 bridgehead atoms. The largest absolute Gasteiger partial charge is 0.361 e. The van der Waals surface area contributed by atoms with E-state index in [9.17, 15) is 9.18 Å². The third-order valence-corrected chi connectivity index (χ3v) is 4.40. The van der Waals surface area contributed by atoms with Gasteiger partial charge in [0, 0.05) is 44.2 Å². The van der Waals surface area contributed by atoms with Crippen LogP contribution in [0.15, 0.2) is 27.7 Å². The third-order valence-electron chi connectivity index (χ3n) is 4.40. The van der Waals surface area contributed by atoms with Crippen LogP contribution in [0.5, 0.6) is 0 Å². The maximum absolute atomic E-state index is 13.6. The lowest BCUT2D eigenvalue weighted by Crippen LogP contribution is -2.41. The zero-order valence-corrected chi connectivity index (χ0v) is 16.9. The smallest absolute Gasteiger partial charge is 0.251 e. The van der Waals surface area contributed by atoms with Crippen molar-refractivity contribution in [2.45, 2.75) is 40.2 Å². The van der Waals surface area contributed by atoms with Gasteiger partial charge in [-0.1, -0.05) is 25.1 Å². The second-order valence-electron chi connectivity index (χ2n) is 6.31. The highest BCUT2D eigenvalue weighted by atomic mass is 19.1. The molecule has 0 unspecified atom stereocenters. The van der Waals surface area contributed by atoms with E-state index in [1.807, 2.05) is 13.8 Å². The van der Waals surface area contributed by atoms with E-state index < -0.39 is 0 Å². The molecule has 0 fully saturated rings. The molecule has 3 N–H and O–H groups in total. The highest BCUT2D eigenvalue weighted by Crippen LogP contribution is 2.15. The summed E-state index contributed by atoms with van der Waals surface area (Å²) in [6, 6.07) is 4.44. The number of benzene rings is 1. The fraction of sp³-hybridized carbons (Fsp3) is 0.450. The quantitative estimate of drug-likeness (QED) is 0.366. The SMILES string of the molecule is CCc1noc(CC)c1CNC(=NC)NCCNC(=O)c1ccc(C)c(F)c1. The molecule has 28 heavy (non-hydrogen) atoms. The molecule has 0 aliphatic rings. The number of carbonyl (C=O) groups excluding carboxylic acids is 1. The summed E-state index contributed by atoms with van der Waals surface area (Å²) in [5.41, 5.74) is 2.82. The van der Waals surface area contributed by atoms with Crippen LogP contribution in [0.4, 0.5) is 4.39 Å². The first-order valence-corrected chi connectivity index (χ1v) is 9.45. The van der Waals surface area contributed by atoms with Gasteiger partial charge in [0.15, 0.2) is 5.96 Å². The van der Waals surface area contributed by atoms with Crippen LogP contribution in [0.1, 0.15) is 46.8 Å². The highest BCUT2D eigenvalue weighted by Gasteiger charge is 2.13. The number of amides is 1. The van der Waals surface area contributed by atoms with Crippen molar-refractivity contribution in [2.75, 3.05) is 20.1 Å². The second-order valence-corrected chi connectivity index (χ2v) is 6.31. The van der Waals surface area contributed by atoms with Gasteiger partial charge < -0.3 is 20.5 Å². The van der Waals surface area contributed by atoms with Gasteiger partial charge in [0.25, 0.3) is 5.91 Å². The van der Waals surface area contributed by atoms with Crippen molar-refractivity contribution in [3.8, 4) is 0 Å². The van der Waals surface area contributed by atoms with Crippen LogP contribution in [0, 0.1) is 12.7 Å². The average Bonchev–Trinajstić information content (AvgIpc) is 3.11. The monoisotopic (exact) mass is 389 g/mol. The van der Waals surface area contributed by atoms with Gasteiger partial charge in [-0.25, -0.2) is 4.39 Å². The zero-order valence-electron chi connectivity index (χ0n) is 16.9. The van der Waals surface area contributed by atoms with Gasteiger partial charge in [0.05, 0.1) is 5.69 Å². The Kier molecular flexibility index (Phi) is 7.98. The van der Waals surface area contributed by atoms with E-state index in [4.69, 9.17) is 4.52 Å².